The summed E-state index contributed by atoms with van der Waals surface area (Å²) in [6.45, 7) is 2.67. The van der Waals surface area contributed by atoms with Crippen LogP contribution in [0.4, 0.5) is 5.82 Å². The van der Waals surface area contributed by atoms with Gasteiger partial charge in [-0.2, -0.15) is 9.78 Å². The second kappa shape index (κ2) is 7.45. The number of pyridine rings is 1. The number of nitrogens with zero attached hydrogens (tertiary/aromatic N) is 4. The predicted octanol–water partition coefficient (Wildman–Crippen LogP) is 1.34. The molecule has 0 amide bonds. The number of hydrogen-bond donors (Lipinski definition) is 4. The van der Waals surface area contributed by atoms with Crippen molar-refractivity contribution in [3.8, 4) is 0 Å². The molecule has 130 valence electrons. The summed E-state index contributed by atoms with van der Waals surface area (Å²) in [4.78, 5) is 6.76. The van der Waals surface area contributed by atoms with Crippen molar-refractivity contribution in [1.82, 2.24) is 14.8 Å². The van der Waals surface area contributed by atoms with Gasteiger partial charge in [-0.25, -0.2) is 4.98 Å². The zero-order valence-electron chi connectivity index (χ0n) is 13.4. The number of ether oxygens (including phenoxy) is 1. The van der Waals surface area contributed by atoms with Crippen LogP contribution in [-0.2, 0) is 4.74 Å². The highest BCUT2D eigenvalue weighted by Crippen LogP contribution is 2.27. The molecule has 3 rings (SSSR count). The van der Waals surface area contributed by atoms with E-state index in [1.54, 1.807) is 6.20 Å². The van der Waals surface area contributed by atoms with Crippen molar-refractivity contribution in [1.29, 1.82) is 16.2 Å². The van der Waals surface area contributed by atoms with Crippen molar-refractivity contribution in [2.45, 2.75) is 0 Å². The zero-order chi connectivity index (χ0) is 17.8. The highest BCUT2D eigenvalue weighted by atomic mass is 32.2. The summed E-state index contributed by atoms with van der Waals surface area (Å²) in [6, 6.07) is 1.84. The smallest absolute Gasteiger partial charge is 0.167 e. The van der Waals surface area contributed by atoms with Crippen molar-refractivity contribution in [2.75, 3.05) is 31.2 Å². The average molecular weight is 358 g/mol. The fourth-order valence-corrected chi connectivity index (χ4v) is 3.01. The van der Waals surface area contributed by atoms with Gasteiger partial charge in [-0.15, -0.1) is 0 Å². The normalized spacial score (nSPS) is 15.4. The van der Waals surface area contributed by atoms with Gasteiger partial charge in [-0.05, 0) is 12.1 Å². The molecule has 0 bridgehead atoms. The fraction of sp³-hybridized carbons (Fsp3) is 0.267. The Bertz CT molecular complexity index is 853. The summed E-state index contributed by atoms with van der Waals surface area (Å²) in [5.41, 5.74) is 8.26. The van der Waals surface area contributed by atoms with Crippen LogP contribution >= 0.6 is 11.8 Å². The molecule has 25 heavy (non-hydrogen) atoms. The van der Waals surface area contributed by atoms with Gasteiger partial charge in [-0.1, -0.05) is 11.8 Å². The lowest BCUT2D eigenvalue weighted by molar-refractivity contribution is 0.122. The number of allylic oxidation sites excluding steroid dienone is 1. The number of anilines is 1. The van der Waals surface area contributed by atoms with Crippen LogP contribution in [0.25, 0.3) is 16.9 Å². The third-order valence-corrected chi connectivity index (χ3v) is 4.36. The molecule has 2 aromatic heterocycles. The van der Waals surface area contributed by atoms with Crippen LogP contribution in [0.5, 0.6) is 0 Å². The molecule has 1 fully saturated rings. The summed E-state index contributed by atoms with van der Waals surface area (Å²) in [6.07, 6.45) is 4.11. The van der Waals surface area contributed by atoms with E-state index in [0.29, 0.717) is 48.7 Å². The average Bonchev–Trinajstić information content (AvgIpc) is 3.06. The number of nitrogens with one attached hydrogen (secondary N) is 3. The molecule has 0 saturated carbocycles. The minimum Gasteiger partial charge on any atom is -0.384 e. The predicted molar refractivity (Wildman–Crippen MR) is 101 cm³/mol. The van der Waals surface area contributed by atoms with Gasteiger partial charge in [0.25, 0.3) is 0 Å². The van der Waals surface area contributed by atoms with E-state index in [1.807, 2.05) is 6.07 Å². The van der Waals surface area contributed by atoms with Crippen molar-refractivity contribution in [3.05, 3.63) is 23.9 Å². The van der Waals surface area contributed by atoms with E-state index in [4.69, 9.17) is 26.7 Å². The Morgan fingerprint density at radius 3 is 2.76 bits per heavy atom. The van der Waals surface area contributed by atoms with Gasteiger partial charge < -0.3 is 26.2 Å². The van der Waals surface area contributed by atoms with E-state index in [-0.39, 0.29) is 10.9 Å². The van der Waals surface area contributed by atoms with Crippen LogP contribution in [0.2, 0.25) is 0 Å². The third-order valence-electron chi connectivity index (χ3n) is 3.78. The summed E-state index contributed by atoms with van der Waals surface area (Å²) in [5.74, 6) is 0.986. The standard InChI is InChI=1S/C15H18N8OS/c16-2-1-12(18)23-15-11(8-20-23)10(14(19)25-9-17)7-13(21-15)22-3-5-24-6-4-22/h1-2,7-9,16-17,19H,3-6,18H2/b12-1+,16-2?,17-9?,19-14?. The van der Waals surface area contributed by atoms with Crippen LogP contribution in [0.3, 0.4) is 0 Å². The van der Waals surface area contributed by atoms with Gasteiger partial charge in [0.05, 0.1) is 25.0 Å². The van der Waals surface area contributed by atoms with E-state index in [1.165, 1.54) is 10.8 Å². The number of fused-ring (bicyclic) bond motifs is 1. The maximum Gasteiger partial charge on any atom is 0.167 e. The minimum absolute atomic E-state index is 0.242. The molecular weight excluding hydrogens is 340 g/mol. The molecule has 1 aliphatic rings. The van der Waals surface area contributed by atoms with Crippen LogP contribution in [0.15, 0.2) is 18.3 Å². The van der Waals surface area contributed by atoms with Crippen molar-refractivity contribution in [3.63, 3.8) is 0 Å². The van der Waals surface area contributed by atoms with E-state index >= 15 is 0 Å². The minimum atomic E-state index is 0.242. The first-order chi connectivity index (χ1) is 12.2. The largest absolute Gasteiger partial charge is 0.384 e. The van der Waals surface area contributed by atoms with Crippen LogP contribution in [0.1, 0.15) is 5.56 Å². The quantitative estimate of drug-likeness (QED) is 0.469. The molecule has 0 unspecified atom stereocenters. The number of nitrogens with two attached hydrogens (primary N) is 1. The first kappa shape index (κ1) is 17.1. The lowest BCUT2D eigenvalue weighted by Gasteiger charge is -2.28. The Balaban J connectivity index is 2.18. The Hall–Kier alpha value is -2.72. The highest BCUT2D eigenvalue weighted by Gasteiger charge is 2.19. The SMILES string of the molecule is N=C/C=C(\N)n1ncc2c(C(=N)SC=N)cc(N3CCOCC3)nc21. The molecule has 1 aliphatic heterocycles. The van der Waals surface area contributed by atoms with Gasteiger partial charge >= 0.3 is 0 Å². The lowest BCUT2D eigenvalue weighted by Crippen LogP contribution is -2.36. The van der Waals surface area contributed by atoms with Gasteiger partial charge in [0, 0.05) is 30.3 Å². The number of thioether (sulfide) groups is 1. The molecule has 0 aliphatic carbocycles. The van der Waals surface area contributed by atoms with Gasteiger partial charge in [0.1, 0.15) is 16.7 Å². The van der Waals surface area contributed by atoms with Gasteiger partial charge in [0.2, 0.25) is 0 Å². The fourth-order valence-electron chi connectivity index (χ4n) is 2.60. The van der Waals surface area contributed by atoms with E-state index < -0.39 is 0 Å². The molecule has 0 radical (unpaired) electrons. The number of hydrogen-bond acceptors (Lipinski definition) is 9. The molecule has 0 spiro atoms. The van der Waals surface area contributed by atoms with Gasteiger partial charge in [0.15, 0.2) is 5.65 Å². The maximum atomic E-state index is 8.24. The molecule has 9 nitrogen and oxygen atoms in total. The number of aromatic nitrogens is 3. The highest BCUT2D eigenvalue weighted by molar-refractivity contribution is 8.25. The molecule has 0 atom stereocenters. The van der Waals surface area contributed by atoms with Crippen LogP contribution in [-0.4, -0.2) is 57.9 Å². The maximum absolute atomic E-state index is 8.24. The second-order valence-corrected chi connectivity index (χ2v) is 6.12. The molecular formula is C15H18N8OS. The van der Waals surface area contributed by atoms with E-state index in [9.17, 15) is 0 Å². The van der Waals surface area contributed by atoms with Crippen molar-refractivity contribution >= 4 is 51.2 Å². The summed E-state index contributed by atoms with van der Waals surface area (Å²) < 4.78 is 6.84. The topological polar surface area (TPSA) is 141 Å². The summed E-state index contributed by atoms with van der Waals surface area (Å²) in [7, 11) is 0. The lowest BCUT2D eigenvalue weighted by atomic mass is 10.2. The molecule has 10 heteroatoms. The van der Waals surface area contributed by atoms with Crippen LogP contribution < -0.4 is 10.6 Å². The second-order valence-electron chi connectivity index (χ2n) is 5.24. The third kappa shape index (κ3) is 3.39. The first-order valence-electron chi connectivity index (χ1n) is 7.58. The van der Waals surface area contributed by atoms with Gasteiger partial charge in [-0.3, -0.25) is 5.41 Å². The summed E-state index contributed by atoms with van der Waals surface area (Å²) in [5, 5.41) is 27.8. The van der Waals surface area contributed by atoms with E-state index in [2.05, 4.69) is 15.0 Å². The Labute approximate surface area is 148 Å². The molecule has 0 aromatic carbocycles. The Morgan fingerprint density at radius 2 is 2.08 bits per heavy atom. The number of morpholine rings is 1. The first-order valence-corrected chi connectivity index (χ1v) is 8.46. The Kier molecular flexibility index (Phi) is 5.10. The van der Waals surface area contributed by atoms with E-state index in [0.717, 1.165) is 23.5 Å². The van der Waals surface area contributed by atoms with Crippen molar-refractivity contribution in [2.24, 2.45) is 5.73 Å². The van der Waals surface area contributed by atoms with Crippen LogP contribution in [0, 0.1) is 16.2 Å². The molecule has 1 saturated heterocycles. The molecule has 3 heterocycles. The molecule has 5 N–H and O–H groups in total. The Morgan fingerprint density at radius 1 is 1.32 bits per heavy atom. The number of rotatable bonds is 5. The molecule has 2 aromatic rings. The monoisotopic (exact) mass is 358 g/mol. The van der Waals surface area contributed by atoms with Crippen molar-refractivity contribution < 1.29 is 4.74 Å². The zero-order valence-corrected chi connectivity index (χ0v) is 14.2. The summed E-state index contributed by atoms with van der Waals surface area (Å²) >= 11 is 1.02.